The number of hydrogen-bond donors (Lipinski definition) is 2. The van der Waals surface area contributed by atoms with Crippen molar-refractivity contribution in [2.75, 3.05) is 0 Å². The maximum Gasteiger partial charge on any atom is 0.416 e. The highest BCUT2D eigenvalue weighted by Gasteiger charge is 2.29. The number of amides is 1. The van der Waals surface area contributed by atoms with E-state index in [2.05, 4.69) is 10.3 Å². The van der Waals surface area contributed by atoms with Gasteiger partial charge in [0.2, 0.25) is 5.91 Å². The van der Waals surface area contributed by atoms with E-state index in [0.717, 1.165) is 23.5 Å². The summed E-state index contributed by atoms with van der Waals surface area (Å²) in [6.07, 6.45) is -4.03. The molecule has 0 saturated carbocycles. The number of hydrogen-bond acceptors (Lipinski definition) is 4. The number of aromatic nitrogens is 1. The van der Waals surface area contributed by atoms with Crippen molar-refractivity contribution in [3.05, 3.63) is 51.0 Å². The molecule has 0 atom stereocenters. The molecule has 1 amide bonds. The zero-order valence-electron chi connectivity index (χ0n) is 13.2. The molecule has 0 aliphatic carbocycles. The second-order valence-electron chi connectivity index (χ2n) is 5.19. The smallest absolute Gasteiger partial charge is 0.416 e. The molecular weight excluding hydrogens is 357 g/mol. The molecule has 2 N–H and O–H groups in total. The van der Waals surface area contributed by atoms with Crippen LogP contribution < -0.4 is 5.32 Å². The van der Waals surface area contributed by atoms with Crippen LogP contribution in [0.2, 0.25) is 0 Å². The molecule has 1 aromatic heterocycles. The highest BCUT2D eigenvalue weighted by molar-refractivity contribution is 7.13. The van der Waals surface area contributed by atoms with E-state index in [0.29, 0.717) is 17.0 Å². The molecule has 9 heteroatoms. The Kier molecular flexibility index (Phi) is 5.78. The Morgan fingerprint density at radius 1 is 1.24 bits per heavy atom. The van der Waals surface area contributed by atoms with Gasteiger partial charge in [-0.05, 0) is 24.1 Å². The van der Waals surface area contributed by atoms with E-state index < -0.39 is 23.6 Å². The summed E-state index contributed by atoms with van der Waals surface area (Å²) in [7, 11) is 0. The predicted molar refractivity (Wildman–Crippen MR) is 85.4 cm³/mol. The van der Waals surface area contributed by atoms with Gasteiger partial charge in [-0.2, -0.15) is 13.2 Å². The Hall–Kier alpha value is -2.42. The average Bonchev–Trinajstić information content (AvgIpc) is 2.95. The van der Waals surface area contributed by atoms with E-state index in [4.69, 9.17) is 5.11 Å². The number of rotatable bonds is 6. The van der Waals surface area contributed by atoms with E-state index in [9.17, 15) is 22.8 Å². The average molecular weight is 372 g/mol. The van der Waals surface area contributed by atoms with Gasteiger partial charge in [0.15, 0.2) is 0 Å². The van der Waals surface area contributed by atoms with E-state index in [1.807, 2.05) is 6.92 Å². The van der Waals surface area contributed by atoms with E-state index >= 15 is 0 Å². The number of carboxylic acid groups (broad SMARTS) is 1. The second-order valence-corrected chi connectivity index (χ2v) is 6.27. The molecule has 0 aliphatic heterocycles. The summed E-state index contributed by atoms with van der Waals surface area (Å²) in [5.41, 5.74) is -0.0603. The Bertz CT molecular complexity index is 770. The van der Waals surface area contributed by atoms with Crippen molar-refractivity contribution in [2.45, 2.75) is 32.5 Å². The maximum absolute atomic E-state index is 12.5. The van der Waals surface area contributed by atoms with Crippen LogP contribution >= 0.6 is 11.3 Å². The number of carboxylic acids is 1. The van der Waals surface area contributed by atoms with Crippen LogP contribution in [0.3, 0.4) is 0 Å². The first-order chi connectivity index (χ1) is 11.7. The van der Waals surface area contributed by atoms with Gasteiger partial charge in [0.25, 0.3) is 0 Å². The number of carbonyl (C=O) groups excluding carboxylic acids is 1. The topological polar surface area (TPSA) is 79.3 Å². The predicted octanol–water partition coefficient (Wildman–Crippen LogP) is 3.28. The molecule has 0 spiro atoms. The minimum Gasteiger partial charge on any atom is -0.477 e. The van der Waals surface area contributed by atoms with Crippen molar-refractivity contribution in [3.63, 3.8) is 0 Å². The van der Waals surface area contributed by atoms with Gasteiger partial charge in [0.1, 0.15) is 4.88 Å². The van der Waals surface area contributed by atoms with Crippen LogP contribution in [0.5, 0.6) is 0 Å². The van der Waals surface area contributed by atoms with Crippen LogP contribution in [0.15, 0.2) is 24.3 Å². The number of nitrogens with one attached hydrogen (secondary N) is 1. The minimum absolute atomic E-state index is 0.0292. The number of halogens is 3. The lowest BCUT2D eigenvalue weighted by atomic mass is 10.1. The van der Waals surface area contributed by atoms with Crippen LogP contribution in [0.4, 0.5) is 13.2 Å². The zero-order valence-corrected chi connectivity index (χ0v) is 14.0. The Morgan fingerprint density at radius 2 is 1.88 bits per heavy atom. The lowest BCUT2D eigenvalue weighted by Crippen LogP contribution is -2.25. The molecule has 134 valence electrons. The Labute approximate surface area is 145 Å². The first-order valence-electron chi connectivity index (χ1n) is 7.35. The highest BCUT2D eigenvalue weighted by Crippen LogP contribution is 2.29. The standard InChI is InChI=1S/C16H15F3N2O3S/c1-2-13-21-11(14(25-13)15(23)24)7-12(22)20-8-9-3-5-10(6-4-9)16(17,18)19/h3-6H,2,7-8H2,1H3,(H,20,22)(H,23,24). The first-order valence-corrected chi connectivity index (χ1v) is 8.17. The number of alkyl halides is 3. The number of nitrogens with zero attached hydrogens (tertiary/aromatic N) is 1. The zero-order chi connectivity index (χ0) is 18.6. The van der Waals surface area contributed by atoms with Gasteiger partial charge in [0.05, 0.1) is 22.7 Å². The molecule has 1 heterocycles. The lowest BCUT2D eigenvalue weighted by Gasteiger charge is -2.08. The summed E-state index contributed by atoms with van der Waals surface area (Å²) in [4.78, 5) is 27.3. The fourth-order valence-electron chi connectivity index (χ4n) is 2.07. The molecule has 2 aromatic rings. The van der Waals surface area contributed by atoms with Crippen molar-refractivity contribution in [2.24, 2.45) is 0 Å². The van der Waals surface area contributed by atoms with Gasteiger partial charge in [-0.15, -0.1) is 11.3 Å². The SMILES string of the molecule is CCc1nc(CC(=O)NCc2ccc(C(F)(F)F)cc2)c(C(=O)O)s1. The molecule has 25 heavy (non-hydrogen) atoms. The Morgan fingerprint density at radius 3 is 2.40 bits per heavy atom. The van der Waals surface area contributed by atoms with Crippen LogP contribution in [-0.4, -0.2) is 22.0 Å². The molecule has 5 nitrogen and oxygen atoms in total. The molecule has 0 bridgehead atoms. The Balaban J connectivity index is 1.97. The minimum atomic E-state index is -4.41. The summed E-state index contributed by atoms with van der Waals surface area (Å²) < 4.78 is 37.5. The van der Waals surface area contributed by atoms with Crippen LogP contribution in [-0.2, 0) is 30.4 Å². The number of benzene rings is 1. The number of aromatic carboxylic acids is 1. The monoisotopic (exact) mass is 372 g/mol. The van der Waals surface area contributed by atoms with Crippen molar-refractivity contribution in [1.29, 1.82) is 0 Å². The van der Waals surface area contributed by atoms with Crippen molar-refractivity contribution in [1.82, 2.24) is 10.3 Å². The van der Waals surface area contributed by atoms with Gasteiger partial charge in [0, 0.05) is 6.54 Å². The quantitative estimate of drug-likeness (QED) is 0.816. The third-order valence-corrected chi connectivity index (χ3v) is 4.57. The van der Waals surface area contributed by atoms with Gasteiger partial charge < -0.3 is 10.4 Å². The molecule has 0 fully saturated rings. The maximum atomic E-state index is 12.5. The molecule has 0 radical (unpaired) electrons. The normalized spacial score (nSPS) is 11.4. The van der Waals surface area contributed by atoms with Crippen LogP contribution in [0, 0.1) is 0 Å². The molecular formula is C16H15F3N2O3S. The van der Waals surface area contributed by atoms with Gasteiger partial charge in [-0.1, -0.05) is 19.1 Å². The molecule has 2 rings (SSSR count). The summed E-state index contributed by atoms with van der Waals surface area (Å²) in [5, 5.41) is 12.3. The fourth-order valence-corrected chi connectivity index (χ4v) is 2.92. The van der Waals surface area contributed by atoms with Crippen molar-refractivity contribution in [3.8, 4) is 0 Å². The summed E-state index contributed by atoms with van der Waals surface area (Å²) in [5.74, 6) is -1.59. The van der Waals surface area contributed by atoms with Gasteiger partial charge >= 0.3 is 12.1 Å². The molecule has 0 unspecified atom stereocenters. The molecule has 0 aliphatic rings. The van der Waals surface area contributed by atoms with Gasteiger partial charge in [-0.25, -0.2) is 9.78 Å². The van der Waals surface area contributed by atoms with E-state index in [-0.39, 0.29) is 23.5 Å². The molecule has 0 saturated heterocycles. The van der Waals surface area contributed by atoms with Gasteiger partial charge in [-0.3, -0.25) is 4.79 Å². The van der Waals surface area contributed by atoms with Crippen molar-refractivity contribution >= 4 is 23.2 Å². The largest absolute Gasteiger partial charge is 0.477 e. The summed E-state index contributed by atoms with van der Waals surface area (Å²) in [6, 6.07) is 4.45. The highest BCUT2D eigenvalue weighted by atomic mass is 32.1. The summed E-state index contributed by atoms with van der Waals surface area (Å²) in [6.45, 7) is 1.88. The third kappa shape index (κ3) is 5.02. The number of thiazole rings is 1. The summed E-state index contributed by atoms with van der Waals surface area (Å²) >= 11 is 1.03. The molecule has 1 aromatic carbocycles. The van der Waals surface area contributed by atoms with Crippen LogP contribution in [0.25, 0.3) is 0 Å². The second kappa shape index (κ2) is 7.64. The van der Waals surface area contributed by atoms with Crippen LogP contribution in [0.1, 0.15) is 38.4 Å². The lowest BCUT2D eigenvalue weighted by molar-refractivity contribution is -0.137. The fraction of sp³-hybridized carbons (Fsp3) is 0.312. The van der Waals surface area contributed by atoms with E-state index in [1.54, 1.807) is 0 Å². The number of aryl methyl sites for hydroxylation is 1. The van der Waals surface area contributed by atoms with Crippen molar-refractivity contribution < 1.29 is 27.9 Å². The first kappa shape index (κ1) is 18.9. The number of carbonyl (C=O) groups is 2. The third-order valence-electron chi connectivity index (χ3n) is 3.34. The van der Waals surface area contributed by atoms with E-state index in [1.165, 1.54) is 12.1 Å².